The van der Waals surface area contributed by atoms with E-state index in [0.717, 1.165) is 9.35 Å². The van der Waals surface area contributed by atoms with Crippen molar-refractivity contribution in [3.8, 4) is 0 Å². The highest BCUT2D eigenvalue weighted by atomic mass is 79.9. The second-order valence-electron chi connectivity index (χ2n) is 3.22. The fourth-order valence-corrected chi connectivity index (χ4v) is 2.82. The normalized spacial score (nSPS) is 10.5. The van der Waals surface area contributed by atoms with Gasteiger partial charge in [-0.1, -0.05) is 0 Å². The first-order valence-electron chi connectivity index (χ1n) is 4.47. The van der Waals surface area contributed by atoms with E-state index >= 15 is 0 Å². The number of aryl methyl sites for hydroxylation is 1. The van der Waals surface area contributed by atoms with Crippen molar-refractivity contribution < 1.29 is 9.21 Å². The molecule has 2 heterocycles. The molecule has 0 N–H and O–H groups in total. The van der Waals surface area contributed by atoms with Crippen molar-refractivity contribution in [2.24, 2.45) is 0 Å². The number of furan rings is 1. The fraction of sp³-hybridized carbons (Fsp3) is 0.182. The zero-order chi connectivity index (χ0) is 10.8. The van der Waals surface area contributed by atoms with E-state index < -0.39 is 0 Å². The molecule has 4 heteroatoms. The molecule has 78 valence electrons. The van der Waals surface area contributed by atoms with Gasteiger partial charge in [0.25, 0.3) is 0 Å². The van der Waals surface area contributed by atoms with Gasteiger partial charge in [-0.05, 0) is 35.0 Å². The van der Waals surface area contributed by atoms with Crippen LogP contribution in [0.5, 0.6) is 0 Å². The maximum Gasteiger partial charge on any atom is 0.171 e. The molecule has 2 nitrogen and oxygen atoms in total. The SMILES string of the molecule is Cc1occc1C(=O)Cc1cc(Br)cs1. The highest BCUT2D eigenvalue weighted by molar-refractivity contribution is 9.10. The Morgan fingerprint density at radius 2 is 2.40 bits per heavy atom. The van der Waals surface area contributed by atoms with Crippen LogP contribution in [0.2, 0.25) is 0 Å². The molecule has 0 saturated heterocycles. The number of halogens is 1. The summed E-state index contributed by atoms with van der Waals surface area (Å²) in [5.74, 6) is 0.797. The summed E-state index contributed by atoms with van der Waals surface area (Å²) in [6.07, 6.45) is 1.99. The van der Waals surface area contributed by atoms with Gasteiger partial charge in [0, 0.05) is 21.2 Å². The number of carbonyl (C=O) groups excluding carboxylic acids is 1. The van der Waals surface area contributed by atoms with Crippen molar-refractivity contribution in [1.29, 1.82) is 0 Å². The molecular formula is C11H9BrO2S. The van der Waals surface area contributed by atoms with E-state index in [0.29, 0.717) is 17.7 Å². The Labute approximate surface area is 100 Å². The lowest BCUT2D eigenvalue weighted by Crippen LogP contribution is -2.02. The van der Waals surface area contributed by atoms with Gasteiger partial charge in [-0.2, -0.15) is 0 Å². The Bertz CT molecular complexity index is 484. The molecule has 0 atom stereocenters. The van der Waals surface area contributed by atoms with Gasteiger partial charge in [-0.15, -0.1) is 11.3 Å². The molecule has 0 amide bonds. The van der Waals surface area contributed by atoms with Gasteiger partial charge in [0.15, 0.2) is 5.78 Å². The summed E-state index contributed by atoms with van der Waals surface area (Å²) in [5, 5.41) is 1.98. The topological polar surface area (TPSA) is 30.2 Å². The molecule has 0 bridgehead atoms. The predicted octanol–water partition coefficient (Wildman–Crippen LogP) is 3.84. The van der Waals surface area contributed by atoms with Gasteiger partial charge < -0.3 is 4.42 Å². The Kier molecular flexibility index (Phi) is 3.07. The number of hydrogen-bond acceptors (Lipinski definition) is 3. The third-order valence-electron chi connectivity index (χ3n) is 2.12. The molecule has 2 aromatic rings. The van der Waals surface area contributed by atoms with Gasteiger partial charge in [0.2, 0.25) is 0 Å². The van der Waals surface area contributed by atoms with Crippen molar-refractivity contribution >= 4 is 33.0 Å². The molecule has 0 aliphatic rings. The lowest BCUT2D eigenvalue weighted by atomic mass is 10.1. The Balaban J connectivity index is 2.14. The summed E-state index contributed by atoms with van der Waals surface area (Å²) in [4.78, 5) is 12.9. The zero-order valence-electron chi connectivity index (χ0n) is 8.12. The minimum absolute atomic E-state index is 0.107. The third kappa shape index (κ3) is 2.38. The maximum absolute atomic E-state index is 11.8. The van der Waals surface area contributed by atoms with E-state index in [4.69, 9.17) is 4.42 Å². The van der Waals surface area contributed by atoms with Crippen LogP contribution < -0.4 is 0 Å². The van der Waals surface area contributed by atoms with Crippen molar-refractivity contribution in [2.75, 3.05) is 0 Å². The maximum atomic E-state index is 11.8. The van der Waals surface area contributed by atoms with Gasteiger partial charge in [0.05, 0.1) is 11.8 Å². The van der Waals surface area contributed by atoms with Crippen molar-refractivity contribution in [3.63, 3.8) is 0 Å². The number of ketones is 1. The second-order valence-corrected chi connectivity index (χ2v) is 5.13. The van der Waals surface area contributed by atoms with Crippen LogP contribution in [-0.4, -0.2) is 5.78 Å². The van der Waals surface area contributed by atoms with Crippen LogP contribution in [0.1, 0.15) is 21.0 Å². The predicted molar refractivity (Wildman–Crippen MR) is 63.5 cm³/mol. The average molecular weight is 285 g/mol. The second kappa shape index (κ2) is 4.33. The summed E-state index contributed by atoms with van der Waals surface area (Å²) in [5.41, 5.74) is 0.680. The van der Waals surface area contributed by atoms with Crippen LogP contribution in [0, 0.1) is 6.92 Å². The third-order valence-corrected chi connectivity index (χ3v) is 3.81. The molecule has 0 aromatic carbocycles. The van der Waals surface area contributed by atoms with Gasteiger partial charge in [0.1, 0.15) is 5.76 Å². The van der Waals surface area contributed by atoms with Crippen LogP contribution in [0.15, 0.2) is 32.7 Å². The molecule has 0 unspecified atom stereocenters. The Morgan fingerprint density at radius 3 is 2.93 bits per heavy atom. The molecule has 2 rings (SSSR count). The number of rotatable bonds is 3. The van der Waals surface area contributed by atoms with E-state index in [2.05, 4.69) is 15.9 Å². The zero-order valence-corrected chi connectivity index (χ0v) is 10.5. The van der Waals surface area contributed by atoms with Crippen molar-refractivity contribution in [2.45, 2.75) is 13.3 Å². The monoisotopic (exact) mass is 284 g/mol. The summed E-state index contributed by atoms with van der Waals surface area (Å²) >= 11 is 4.95. The lowest BCUT2D eigenvalue weighted by Gasteiger charge is -1.96. The average Bonchev–Trinajstić information content (AvgIpc) is 2.75. The van der Waals surface area contributed by atoms with E-state index in [-0.39, 0.29) is 5.78 Å². The number of hydrogen-bond donors (Lipinski definition) is 0. The van der Waals surface area contributed by atoms with Crippen molar-refractivity contribution in [1.82, 2.24) is 0 Å². The van der Waals surface area contributed by atoms with Crippen LogP contribution in [-0.2, 0) is 6.42 Å². The van der Waals surface area contributed by atoms with Crippen molar-refractivity contribution in [3.05, 3.63) is 44.4 Å². The Hall–Kier alpha value is -0.870. The van der Waals surface area contributed by atoms with Crippen LogP contribution in [0.4, 0.5) is 0 Å². The lowest BCUT2D eigenvalue weighted by molar-refractivity contribution is 0.0992. The molecule has 0 spiro atoms. The molecule has 15 heavy (non-hydrogen) atoms. The summed E-state index contributed by atoms with van der Waals surface area (Å²) in [6.45, 7) is 1.80. The highest BCUT2D eigenvalue weighted by Crippen LogP contribution is 2.22. The number of Topliss-reactive ketones (excluding diaryl/α,β-unsaturated/α-hetero) is 1. The van der Waals surface area contributed by atoms with Gasteiger partial charge in [-0.3, -0.25) is 4.79 Å². The Morgan fingerprint density at radius 1 is 1.60 bits per heavy atom. The highest BCUT2D eigenvalue weighted by Gasteiger charge is 2.12. The van der Waals surface area contributed by atoms with E-state index in [1.165, 1.54) is 0 Å². The molecule has 0 aliphatic heterocycles. The largest absolute Gasteiger partial charge is 0.469 e. The molecule has 0 saturated carbocycles. The minimum atomic E-state index is 0.107. The van der Waals surface area contributed by atoms with Gasteiger partial charge in [-0.25, -0.2) is 0 Å². The molecular weight excluding hydrogens is 276 g/mol. The van der Waals surface area contributed by atoms with E-state index in [1.807, 2.05) is 11.4 Å². The van der Waals surface area contributed by atoms with Crippen LogP contribution in [0.3, 0.4) is 0 Å². The van der Waals surface area contributed by atoms with Crippen LogP contribution in [0.25, 0.3) is 0 Å². The standard InChI is InChI=1S/C11H9BrO2S/c1-7-10(2-3-14-7)11(13)5-9-4-8(12)6-15-9/h2-4,6H,5H2,1H3. The molecule has 0 fully saturated rings. The summed E-state index contributed by atoms with van der Waals surface area (Å²) in [6, 6.07) is 3.69. The summed E-state index contributed by atoms with van der Waals surface area (Å²) in [7, 11) is 0. The summed E-state index contributed by atoms with van der Waals surface area (Å²) < 4.78 is 6.13. The van der Waals surface area contributed by atoms with Gasteiger partial charge >= 0.3 is 0 Å². The van der Waals surface area contributed by atoms with Crippen LogP contribution >= 0.6 is 27.3 Å². The molecule has 0 radical (unpaired) electrons. The van der Waals surface area contributed by atoms with E-state index in [9.17, 15) is 4.79 Å². The first kappa shape index (κ1) is 10.6. The fourth-order valence-electron chi connectivity index (χ4n) is 1.37. The molecule has 0 aliphatic carbocycles. The van der Waals surface area contributed by atoms with E-state index in [1.54, 1.807) is 30.6 Å². The first-order valence-corrected chi connectivity index (χ1v) is 6.14. The number of carbonyl (C=O) groups is 1. The number of thiophene rings is 1. The smallest absolute Gasteiger partial charge is 0.171 e. The first-order chi connectivity index (χ1) is 7.16. The quantitative estimate of drug-likeness (QED) is 0.802. The molecule has 2 aromatic heterocycles. The minimum Gasteiger partial charge on any atom is -0.469 e.